The molecule has 0 heterocycles. The highest BCUT2D eigenvalue weighted by atomic mass is 16.5. The Labute approximate surface area is 80.6 Å². The molecule has 0 spiro atoms. The highest BCUT2D eigenvalue weighted by Crippen LogP contribution is 1.97. The fraction of sp³-hybridized carbons (Fsp3) is 0.111. The van der Waals surface area contributed by atoms with E-state index in [1.807, 2.05) is 0 Å². The van der Waals surface area contributed by atoms with Crippen LogP contribution < -0.4 is 0 Å². The van der Waals surface area contributed by atoms with Gasteiger partial charge in [0.15, 0.2) is 0 Å². The molecule has 0 unspecified atom stereocenters. The van der Waals surface area contributed by atoms with Crippen molar-refractivity contribution in [2.24, 2.45) is 0 Å². The molecule has 0 rings (SSSR count). The van der Waals surface area contributed by atoms with Crippen LogP contribution in [0, 0.1) is 0 Å². The molecule has 5 nitrogen and oxygen atoms in total. The standard InChI is InChI=1S/C9H10O5/c1-14-7(5-6-9(12)13)3-2-4-8(10)11/h2-6H,1H3,(H,10,11)(H,12,13). The van der Waals surface area contributed by atoms with Crippen molar-refractivity contribution in [2.45, 2.75) is 0 Å². The predicted molar refractivity (Wildman–Crippen MR) is 48.6 cm³/mol. The van der Waals surface area contributed by atoms with Crippen molar-refractivity contribution in [2.75, 3.05) is 7.11 Å². The molecule has 0 bridgehead atoms. The molecule has 0 saturated heterocycles. The Morgan fingerprint density at radius 3 is 2.07 bits per heavy atom. The summed E-state index contributed by atoms with van der Waals surface area (Å²) < 4.78 is 4.75. The first-order valence-corrected chi connectivity index (χ1v) is 3.62. The van der Waals surface area contributed by atoms with Gasteiger partial charge in [-0.25, -0.2) is 9.59 Å². The normalized spacial score (nSPS) is 12.2. The van der Waals surface area contributed by atoms with Crippen LogP contribution in [0.5, 0.6) is 0 Å². The Hall–Kier alpha value is -2.04. The van der Waals surface area contributed by atoms with Gasteiger partial charge in [0.25, 0.3) is 0 Å². The van der Waals surface area contributed by atoms with Crippen LogP contribution in [0.25, 0.3) is 0 Å². The smallest absolute Gasteiger partial charge is 0.328 e. The average molecular weight is 198 g/mol. The second-order valence-corrected chi connectivity index (χ2v) is 2.14. The Kier molecular flexibility index (Phi) is 5.53. The molecule has 0 aliphatic carbocycles. The molecule has 0 atom stereocenters. The molecule has 0 aromatic rings. The van der Waals surface area contributed by atoms with Crippen LogP contribution in [-0.4, -0.2) is 29.3 Å². The molecule has 0 aromatic carbocycles. The second kappa shape index (κ2) is 6.47. The third kappa shape index (κ3) is 6.66. The lowest BCUT2D eigenvalue weighted by atomic mass is 10.3. The zero-order valence-corrected chi connectivity index (χ0v) is 7.51. The summed E-state index contributed by atoms with van der Waals surface area (Å²) in [6, 6.07) is 0. The summed E-state index contributed by atoms with van der Waals surface area (Å²) in [4.78, 5) is 20.2. The number of allylic oxidation sites excluding steroid dienone is 3. The van der Waals surface area contributed by atoms with Gasteiger partial charge in [0.1, 0.15) is 5.76 Å². The summed E-state index contributed by atoms with van der Waals surface area (Å²) >= 11 is 0. The van der Waals surface area contributed by atoms with Crippen molar-refractivity contribution >= 4 is 11.9 Å². The van der Waals surface area contributed by atoms with E-state index in [1.165, 1.54) is 25.3 Å². The van der Waals surface area contributed by atoms with E-state index in [0.29, 0.717) is 0 Å². The number of carboxylic acid groups (broad SMARTS) is 2. The lowest BCUT2D eigenvalue weighted by Crippen LogP contribution is -1.89. The maximum atomic E-state index is 10.1. The Morgan fingerprint density at radius 1 is 1.07 bits per heavy atom. The van der Waals surface area contributed by atoms with Crippen LogP contribution in [0.3, 0.4) is 0 Å². The van der Waals surface area contributed by atoms with Crippen molar-refractivity contribution < 1.29 is 24.5 Å². The van der Waals surface area contributed by atoms with E-state index in [2.05, 4.69) is 0 Å². The summed E-state index contributed by atoms with van der Waals surface area (Å²) in [5.74, 6) is -1.93. The maximum absolute atomic E-state index is 10.1. The molecule has 14 heavy (non-hydrogen) atoms. The van der Waals surface area contributed by atoms with Gasteiger partial charge >= 0.3 is 11.9 Å². The summed E-state index contributed by atoms with van der Waals surface area (Å²) in [6.07, 6.45) is 5.60. The van der Waals surface area contributed by atoms with Gasteiger partial charge in [-0.1, -0.05) is 6.08 Å². The van der Waals surface area contributed by atoms with Crippen LogP contribution in [0.4, 0.5) is 0 Å². The zero-order chi connectivity index (χ0) is 11.0. The number of hydrogen-bond acceptors (Lipinski definition) is 3. The van der Waals surface area contributed by atoms with Crippen LogP contribution >= 0.6 is 0 Å². The predicted octanol–water partition coefficient (Wildman–Crippen LogP) is 0.798. The third-order valence-electron chi connectivity index (χ3n) is 1.13. The average Bonchev–Trinajstić information content (AvgIpc) is 2.10. The van der Waals surface area contributed by atoms with Gasteiger partial charge in [0.2, 0.25) is 0 Å². The highest BCUT2D eigenvalue weighted by Gasteiger charge is 1.90. The van der Waals surface area contributed by atoms with Crippen LogP contribution in [0.15, 0.2) is 36.1 Å². The maximum Gasteiger partial charge on any atom is 0.328 e. The topological polar surface area (TPSA) is 83.8 Å². The van der Waals surface area contributed by atoms with Crippen LogP contribution in [0.2, 0.25) is 0 Å². The van der Waals surface area contributed by atoms with E-state index in [9.17, 15) is 9.59 Å². The number of methoxy groups -OCH3 is 1. The largest absolute Gasteiger partial charge is 0.497 e. The van der Waals surface area contributed by atoms with E-state index in [4.69, 9.17) is 14.9 Å². The molecule has 76 valence electrons. The third-order valence-corrected chi connectivity index (χ3v) is 1.13. The fourth-order valence-electron chi connectivity index (χ4n) is 0.570. The first kappa shape index (κ1) is 12.0. The van der Waals surface area contributed by atoms with Gasteiger partial charge < -0.3 is 14.9 Å². The number of carbonyl (C=O) groups is 2. The number of ether oxygens (including phenoxy) is 1. The van der Waals surface area contributed by atoms with E-state index < -0.39 is 11.9 Å². The summed E-state index contributed by atoms with van der Waals surface area (Å²) in [5, 5.41) is 16.5. The van der Waals surface area contributed by atoms with Crippen LogP contribution in [0.1, 0.15) is 0 Å². The monoisotopic (exact) mass is 198 g/mol. The number of hydrogen-bond donors (Lipinski definition) is 2. The number of carboxylic acids is 2. The van der Waals surface area contributed by atoms with E-state index in [1.54, 1.807) is 0 Å². The number of aliphatic carboxylic acids is 2. The van der Waals surface area contributed by atoms with Gasteiger partial charge in [0.05, 0.1) is 7.11 Å². The molecule has 0 aliphatic rings. The van der Waals surface area contributed by atoms with Gasteiger partial charge in [-0.15, -0.1) is 0 Å². The molecule has 0 saturated carbocycles. The molecule has 5 heteroatoms. The summed E-state index contributed by atoms with van der Waals surface area (Å²) in [5.41, 5.74) is 0. The lowest BCUT2D eigenvalue weighted by Gasteiger charge is -1.96. The molecule has 0 aliphatic heterocycles. The zero-order valence-electron chi connectivity index (χ0n) is 7.51. The highest BCUT2D eigenvalue weighted by molar-refractivity contribution is 5.81. The molecule has 0 radical (unpaired) electrons. The van der Waals surface area contributed by atoms with Gasteiger partial charge in [-0.2, -0.15) is 0 Å². The van der Waals surface area contributed by atoms with Gasteiger partial charge in [0, 0.05) is 12.2 Å². The van der Waals surface area contributed by atoms with Gasteiger partial charge in [-0.3, -0.25) is 0 Å². The molecule has 2 N–H and O–H groups in total. The molecule has 0 aromatic heterocycles. The number of rotatable bonds is 5. The van der Waals surface area contributed by atoms with Crippen molar-refractivity contribution in [3.63, 3.8) is 0 Å². The fourth-order valence-corrected chi connectivity index (χ4v) is 0.570. The first-order chi connectivity index (χ1) is 6.56. The SMILES string of the molecule is COC(C=CC(=O)O)=CC=CC(=O)O. The Morgan fingerprint density at radius 2 is 1.64 bits per heavy atom. The summed E-state index contributed by atoms with van der Waals surface area (Å²) in [7, 11) is 1.35. The Bertz CT molecular complexity index is 298. The lowest BCUT2D eigenvalue weighted by molar-refractivity contribution is -0.132. The van der Waals surface area contributed by atoms with Crippen molar-refractivity contribution in [3.05, 3.63) is 36.1 Å². The quantitative estimate of drug-likeness (QED) is 0.387. The van der Waals surface area contributed by atoms with E-state index in [0.717, 1.165) is 12.2 Å². The van der Waals surface area contributed by atoms with Gasteiger partial charge in [-0.05, 0) is 12.2 Å². The molecular formula is C9H10O5. The van der Waals surface area contributed by atoms with Crippen molar-refractivity contribution in [1.29, 1.82) is 0 Å². The minimum Gasteiger partial charge on any atom is -0.497 e. The minimum atomic E-state index is -1.10. The molecule has 0 amide bonds. The van der Waals surface area contributed by atoms with E-state index >= 15 is 0 Å². The minimum absolute atomic E-state index is 0.255. The van der Waals surface area contributed by atoms with Crippen LogP contribution in [-0.2, 0) is 14.3 Å². The van der Waals surface area contributed by atoms with Crippen molar-refractivity contribution in [1.82, 2.24) is 0 Å². The summed E-state index contributed by atoms with van der Waals surface area (Å²) in [6.45, 7) is 0. The van der Waals surface area contributed by atoms with Crippen molar-refractivity contribution in [3.8, 4) is 0 Å². The first-order valence-electron chi connectivity index (χ1n) is 3.62. The Balaban J connectivity index is 4.40. The molecular weight excluding hydrogens is 188 g/mol. The second-order valence-electron chi connectivity index (χ2n) is 2.14. The molecule has 0 fully saturated rings. The van der Waals surface area contributed by atoms with E-state index in [-0.39, 0.29) is 5.76 Å².